The Kier molecular flexibility index (Phi) is 3.51. The van der Waals surface area contributed by atoms with Gasteiger partial charge >= 0.3 is 0 Å². The van der Waals surface area contributed by atoms with E-state index in [2.05, 4.69) is 9.97 Å². The highest BCUT2D eigenvalue weighted by molar-refractivity contribution is 5.51. The van der Waals surface area contributed by atoms with Crippen LogP contribution in [-0.4, -0.2) is 14.9 Å². The summed E-state index contributed by atoms with van der Waals surface area (Å²) in [5.41, 5.74) is 7.58. The van der Waals surface area contributed by atoms with Gasteiger partial charge in [0.05, 0.1) is 11.0 Å². The summed E-state index contributed by atoms with van der Waals surface area (Å²) in [6.07, 6.45) is 1.54. The van der Waals surface area contributed by atoms with Crippen molar-refractivity contribution in [1.82, 2.24) is 9.97 Å². The number of hydrogen-bond donors (Lipinski definition) is 1. The maximum Gasteiger partial charge on any atom is 0.276 e. The summed E-state index contributed by atoms with van der Waals surface area (Å²) in [4.78, 5) is 18.3. The average molecular weight is 274 g/mol. The van der Waals surface area contributed by atoms with Crippen LogP contribution in [0, 0.1) is 30.9 Å². The number of rotatable bonds is 3. The van der Waals surface area contributed by atoms with Gasteiger partial charge in [0.25, 0.3) is 5.69 Å². The van der Waals surface area contributed by atoms with E-state index in [1.807, 2.05) is 6.92 Å². The molecule has 0 radical (unpaired) electrons. The predicted octanol–water partition coefficient (Wildman–Crippen LogP) is 2.68. The second-order valence-electron chi connectivity index (χ2n) is 4.48. The average Bonchev–Trinajstić information content (AvgIpc) is 2.36. The van der Waals surface area contributed by atoms with Crippen molar-refractivity contribution in [2.24, 2.45) is 0 Å². The first-order chi connectivity index (χ1) is 9.38. The van der Waals surface area contributed by atoms with Crippen LogP contribution < -0.4 is 10.5 Å². The first kappa shape index (κ1) is 13.7. The van der Waals surface area contributed by atoms with Crippen molar-refractivity contribution >= 4 is 11.6 Å². The van der Waals surface area contributed by atoms with E-state index in [1.54, 1.807) is 19.9 Å². The van der Waals surface area contributed by atoms with Gasteiger partial charge in [0.15, 0.2) is 0 Å². The van der Waals surface area contributed by atoms with Gasteiger partial charge in [0.1, 0.15) is 5.75 Å². The molecule has 0 spiro atoms. The number of benzene rings is 1. The molecule has 0 saturated heterocycles. The topological polar surface area (TPSA) is 104 Å². The summed E-state index contributed by atoms with van der Waals surface area (Å²) >= 11 is 0. The molecule has 0 unspecified atom stereocenters. The fourth-order valence-electron chi connectivity index (χ4n) is 1.78. The van der Waals surface area contributed by atoms with Crippen LogP contribution in [0.1, 0.15) is 16.7 Å². The Balaban J connectivity index is 2.45. The molecule has 2 aromatic rings. The minimum Gasteiger partial charge on any atom is -0.438 e. The monoisotopic (exact) mass is 274 g/mol. The van der Waals surface area contributed by atoms with Gasteiger partial charge in [-0.1, -0.05) is 0 Å². The zero-order valence-electron chi connectivity index (χ0n) is 11.4. The van der Waals surface area contributed by atoms with E-state index in [0.29, 0.717) is 22.8 Å². The van der Waals surface area contributed by atoms with E-state index in [9.17, 15) is 10.1 Å². The van der Waals surface area contributed by atoms with E-state index < -0.39 is 4.92 Å². The van der Waals surface area contributed by atoms with Crippen LogP contribution in [-0.2, 0) is 0 Å². The summed E-state index contributed by atoms with van der Waals surface area (Å²) in [7, 11) is 0. The van der Waals surface area contributed by atoms with Gasteiger partial charge in [0.2, 0.25) is 11.8 Å². The van der Waals surface area contributed by atoms with Crippen LogP contribution in [0.4, 0.5) is 11.6 Å². The van der Waals surface area contributed by atoms with Crippen molar-refractivity contribution in [2.45, 2.75) is 20.8 Å². The Hall–Kier alpha value is -2.70. The molecule has 7 nitrogen and oxygen atoms in total. The minimum absolute atomic E-state index is 0.00489. The van der Waals surface area contributed by atoms with Crippen molar-refractivity contribution in [3.63, 3.8) is 0 Å². The Morgan fingerprint density at radius 2 is 1.90 bits per heavy atom. The Morgan fingerprint density at radius 1 is 1.20 bits per heavy atom. The standard InChI is InChI=1S/C13H14N4O3/c1-7-4-8(2)11(5-10(7)17(18)19)20-12-9(3)6-15-13(14)16-12/h4-6H,1-3H3,(H2,14,15,16). The van der Waals surface area contributed by atoms with Gasteiger partial charge in [-0.3, -0.25) is 10.1 Å². The molecule has 0 aliphatic heterocycles. The quantitative estimate of drug-likeness (QED) is 0.681. The molecule has 2 rings (SSSR count). The number of aromatic nitrogens is 2. The largest absolute Gasteiger partial charge is 0.438 e. The number of anilines is 1. The molecular weight excluding hydrogens is 260 g/mol. The first-order valence-electron chi connectivity index (χ1n) is 5.91. The molecule has 0 bridgehead atoms. The van der Waals surface area contributed by atoms with Crippen LogP contribution >= 0.6 is 0 Å². The molecule has 1 heterocycles. The van der Waals surface area contributed by atoms with Gasteiger partial charge in [-0.05, 0) is 32.4 Å². The van der Waals surface area contributed by atoms with Crippen molar-refractivity contribution in [3.05, 3.63) is 45.1 Å². The lowest BCUT2D eigenvalue weighted by molar-refractivity contribution is -0.385. The smallest absolute Gasteiger partial charge is 0.276 e. The lowest BCUT2D eigenvalue weighted by atomic mass is 10.1. The van der Waals surface area contributed by atoms with Crippen LogP contribution in [0.5, 0.6) is 11.6 Å². The van der Waals surface area contributed by atoms with Crippen LogP contribution in [0.15, 0.2) is 18.3 Å². The Morgan fingerprint density at radius 3 is 2.55 bits per heavy atom. The highest BCUT2D eigenvalue weighted by Gasteiger charge is 2.16. The third kappa shape index (κ3) is 2.66. The maximum absolute atomic E-state index is 11.0. The molecule has 104 valence electrons. The minimum atomic E-state index is -0.442. The lowest BCUT2D eigenvalue weighted by Crippen LogP contribution is -2.00. The number of nitro benzene ring substituents is 1. The molecule has 0 aliphatic rings. The van der Waals surface area contributed by atoms with E-state index >= 15 is 0 Å². The Bertz CT molecular complexity index is 686. The van der Waals surface area contributed by atoms with Crippen molar-refractivity contribution < 1.29 is 9.66 Å². The number of nitrogen functional groups attached to an aromatic ring is 1. The molecule has 0 aliphatic carbocycles. The molecule has 20 heavy (non-hydrogen) atoms. The fourth-order valence-corrected chi connectivity index (χ4v) is 1.78. The van der Waals surface area contributed by atoms with Crippen molar-refractivity contribution in [2.75, 3.05) is 5.73 Å². The second-order valence-corrected chi connectivity index (χ2v) is 4.48. The third-order valence-corrected chi connectivity index (χ3v) is 2.84. The van der Waals surface area contributed by atoms with Gasteiger partial charge in [-0.15, -0.1) is 0 Å². The number of ether oxygens (including phenoxy) is 1. The van der Waals surface area contributed by atoms with Crippen LogP contribution in [0.2, 0.25) is 0 Å². The van der Waals surface area contributed by atoms with Gasteiger partial charge in [-0.25, -0.2) is 4.98 Å². The van der Waals surface area contributed by atoms with Crippen molar-refractivity contribution in [1.29, 1.82) is 0 Å². The van der Waals surface area contributed by atoms with Crippen molar-refractivity contribution in [3.8, 4) is 11.6 Å². The first-order valence-corrected chi connectivity index (χ1v) is 5.91. The molecule has 0 amide bonds. The SMILES string of the molecule is Cc1cc(C)c([N+](=O)[O-])cc1Oc1nc(N)ncc1C. The summed E-state index contributed by atoms with van der Waals surface area (Å²) in [5, 5.41) is 11.0. The van der Waals surface area contributed by atoms with E-state index in [4.69, 9.17) is 10.5 Å². The van der Waals surface area contributed by atoms with Crippen LogP contribution in [0.3, 0.4) is 0 Å². The number of nitrogens with two attached hydrogens (primary N) is 1. The maximum atomic E-state index is 11.0. The molecule has 0 saturated carbocycles. The number of nitro groups is 1. The highest BCUT2D eigenvalue weighted by atomic mass is 16.6. The normalized spacial score (nSPS) is 10.3. The molecule has 1 aromatic carbocycles. The highest BCUT2D eigenvalue weighted by Crippen LogP contribution is 2.31. The molecule has 7 heteroatoms. The molecular formula is C13H14N4O3. The lowest BCUT2D eigenvalue weighted by Gasteiger charge is -2.10. The number of hydrogen-bond acceptors (Lipinski definition) is 6. The fraction of sp³-hybridized carbons (Fsp3) is 0.231. The van der Waals surface area contributed by atoms with E-state index in [1.165, 1.54) is 12.3 Å². The number of aryl methyl sites for hydroxylation is 3. The zero-order valence-corrected chi connectivity index (χ0v) is 11.4. The van der Waals surface area contributed by atoms with Gasteiger partial charge < -0.3 is 10.5 Å². The van der Waals surface area contributed by atoms with E-state index in [0.717, 1.165) is 5.56 Å². The van der Waals surface area contributed by atoms with Crippen LogP contribution in [0.25, 0.3) is 0 Å². The third-order valence-electron chi connectivity index (χ3n) is 2.84. The van der Waals surface area contributed by atoms with E-state index in [-0.39, 0.29) is 11.6 Å². The summed E-state index contributed by atoms with van der Waals surface area (Å²) in [5.74, 6) is 0.757. The number of nitrogens with zero attached hydrogens (tertiary/aromatic N) is 3. The predicted molar refractivity (Wildman–Crippen MR) is 73.8 cm³/mol. The molecule has 1 aromatic heterocycles. The summed E-state index contributed by atoms with van der Waals surface area (Å²) < 4.78 is 5.63. The van der Waals surface area contributed by atoms with Gasteiger partial charge in [0, 0.05) is 17.3 Å². The molecule has 2 N–H and O–H groups in total. The second kappa shape index (κ2) is 5.12. The molecule has 0 atom stereocenters. The zero-order chi connectivity index (χ0) is 14.9. The molecule has 0 fully saturated rings. The summed E-state index contributed by atoms with van der Waals surface area (Å²) in [6, 6.07) is 3.09. The van der Waals surface area contributed by atoms with Gasteiger partial charge in [-0.2, -0.15) is 4.98 Å². The summed E-state index contributed by atoms with van der Waals surface area (Å²) in [6.45, 7) is 5.27. The Labute approximate surface area is 115 Å².